The number of aromatic carboxylic acids is 2. The summed E-state index contributed by atoms with van der Waals surface area (Å²) in [4.78, 5) is 65.3. The molecule has 0 spiro atoms. The highest BCUT2D eigenvalue weighted by Crippen LogP contribution is 2.21. The fourth-order valence-electron chi connectivity index (χ4n) is 2.52. The predicted octanol–water partition coefficient (Wildman–Crippen LogP) is 2.13. The fraction of sp³-hybridized carbons (Fsp3) is 0.0526. The van der Waals surface area contributed by atoms with Crippen molar-refractivity contribution in [2.75, 3.05) is 7.15 Å². The number of fused-ring (bicyclic) bond motifs is 2. The SMILES string of the molecule is Cl.N.O=C(O)c1ccc2c(c1)C(=O)NC2=O.O=C(O)c1ccc2c(c1)C(=O)OC2=O.[2H]CF. The molecule has 0 atom stereocenters. The van der Waals surface area contributed by atoms with E-state index in [9.17, 15) is 33.2 Å². The highest BCUT2D eigenvalue weighted by Gasteiger charge is 2.30. The Morgan fingerprint density at radius 2 is 1.25 bits per heavy atom. The third-order valence-corrected chi connectivity index (χ3v) is 3.87. The van der Waals surface area contributed by atoms with Gasteiger partial charge in [-0.05, 0) is 36.4 Å². The number of halogens is 2. The lowest BCUT2D eigenvalue weighted by Crippen LogP contribution is -2.19. The Morgan fingerprint density at radius 3 is 1.75 bits per heavy atom. The van der Waals surface area contributed by atoms with Crippen LogP contribution in [0.15, 0.2) is 36.4 Å². The van der Waals surface area contributed by atoms with E-state index < -0.39 is 42.8 Å². The first-order valence-corrected chi connectivity index (χ1v) is 7.82. The maximum atomic E-state index is 11.1. The minimum atomic E-state index is -1.15. The van der Waals surface area contributed by atoms with Crippen LogP contribution in [0, 0.1) is 0 Å². The second kappa shape index (κ2) is 11.3. The number of rotatable bonds is 2. The van der Waals surface area contributed by atoms with Crippen LogP contribution in [0.1, 0.15) is 63.5 Å². The number of hydrogen-bond donors (Lipinski definition) is 4. The number of amides is 2. The van der Waals surface area contributed by atoms with Crippen LogP contribution in [-0.2, 0) is 4.74 Å². The summed E-state index contributed by atoms with van der Waals surface area (Å²) in [5, 5.41) is 19.4. The van der Waals surface area contributed by atoms with E-state index in [-0.39, 0.29) is 51.9 Å². The van der Waals surface area contributed by atoms with E-state index in [0.29, 0.717) is 0 Å². The number of ether oxygens (including phenoxy) is 1. The number of alkyl halides is 1. The molecule has 2 aliphatic heterocycles. The van der Waals surface area contributed by atoms with Gasteiger partial charge in [-0.3, -0.25) is 19.3 Å². The summed E-state index contributed by atoms with van der Waals surface area (Å²) >= 11 is 0. The zero-order valence-electron chi connectivity index (χ0n) is 16.9. The van der Waals surface area contributed by atoms with Crippen LogP contribution in [0.5, 0.6) is 0 Å². The highest BCUT2D eigenvalue weighted by molar-refractivity contribution is 6.22. The first kappa shape index (κ1) is 25.9. The number of carbonyl (C=O) groups is 6. The lowest BCUT2D eigenvalue weighted by molar-refractivity contribution is 0.0442. The zero-order chi connectivity index (χ0) is 23.3. The summed E-state index contributed by atoms with van der Waals surface area (Å²) in [5.74, 6) is -4.84. The maximum Gasteiger partial charge on any atom is 0.346 e. The number of nitrogens with one attached hydrogen (secondary N) is 1. The number of carboxylic acid groups (broad SMARTS) is 2. The summed E-state index contributed by atoms with van der Waals surface area (Å²) in [6.07, 6.45) is 0. The molecule has 13 heteroatoms. The molecule has 6 N–H and O–H groups in total. The normalized spacial score (nSPS) is 12.6. The van der Waals surface area contributed by atoms with Crippen LogP contribution in [0.3, 0.4) is 0 Å². The standard InChI is InChI=1S/C9H5NO4.C9H4O5.CH3F.ClH.H3N/c11-7-5-2-1-4(9(13)14)3-6(5)8(12)10-7;10-7(11)4-1-2-5-6(3-4)9(13)14-8(5)12;1-2;;/h1-3H,(H,13,14)(H,10,11,12);1-3H,(H,10,11);1H3;1H;1H3/i;;1D;;. The van der Waals surface area contributed by atoms with Crippen molar-refractivity contribution in [1.82, 2.24) is 11.5 Å². The molecule has 11 nitrogen and oxygen atoms in total. The van der Waals surface area contributed by atoms with Gasteiger partial charge in [0.2, 0.25) is 0 Å². The van der Waals surface area contributed by atoms with Gasteiger partial charge in [-0.25, -0.2) is 19.2 Å². The summed E-state index contributed by atoms with van der Waals surface area (Å²) < 4.78 is 19.8. The second-order valence-electron chi connectivity index (χ2n) is 5.59. The summed E-state index contributed by atoms with van der Waals surface area (Å²) in [6.45, 7) is 0. The van der Waals surface area contributed by atoms with E-state index in [2.05, 4.69) is 10.1 Å². The van der Waals surface area contributed by atoms with Crippen molar-refractivity contribution >= 4 is 48.1 Å². The summed E-state index contributed by atoms with van der Waals surface area (Å²) in [6, 6.07) is 7.47. The van der Waals surface area contributed by atoms with Gasteiger partial charge in [-0.15, -0.1) is 12.4 Å². The van der Waals surface area contributed by atoms with Crippen molar-refractivity contribution in [2.45, 2.75) is 0 Å². The van der Waals surface area contributed by atoms with Crippen molar-refractivity contribution < 1.29 is 49.5 Å². The number of cyclic esters (lactones) is 2. The molecule has 170 valence electrons. The van der Waals surface area contributed by atoms with Gasteiger partial charge >= 0.3 is 23.9 Å². The van der Waals surface area contributed by atoms with Gasteiger partial charge < -0.3 is 21.1 Å². The molecular formula is C19H16ClFN2O9. The Hall–Kier alpha value is -4.16. The van der Waals surface area contributed by atoms with Gasteiger partial charge in [0.05, 0.1) is 41.9 Å². The van der Waals surface area contributed by atoms with Crippen molar-refractivity contribution in [1.29, 1.82) is 0 Å². The lowest BCUT2D eigenvalue weighted by Gasteiger charge is -1.96. The first-order valence-electron chi connectivity index (χ1n) is 8.53. The number of carbonyl (C=O) groups excluding carboxylic acids is 4. The third kappa shape index (κ3) is 5.50. The molecule has 32 heavy (non-hydrogen) atoms. The van der Waals surface area contributed by atoms with Crippen LogP contribution >= 0.6 is 12.4 Å². The van der Waals surface area contributed by atoms with E-state index in [1.165, 1.54) is 30.3 Å². The van der Waals surface area contributed by atoms with Crippen LogP contribution in [0.4, 0.5) is 4.39 Å². The molecule has 0 radical (unpaired) electrons. The second-order valence-corrected chi connectivity index (χ2v) is 5.59. The number of benzene rings is 2. The van der Waals surface area contributed by atoms with E-state index in [4.69, 9.17) is 11.6 Å². The molecule has 0 saturated carbocycles. The van der Waals surface area contributed by atoms with Crippen molar-refractivity contribution in [2.24, 2.45) is 0 Å². The first-order chi connectivity index (χ1) is 14.6. The van der Waals surface area contributed by atoms with Crippen LogP contribution in [-0.4, -0.2) is 53.1 Å². The minimum Gasteiger partial charge on any atom is -0.478 e. The van der Waals surface area contributed by atoms with Crippen molar-refractivity contribution in [3.05, 3.63) is 69.8 Å². The van der Waals surface area contributed by atoms with Crippen molar-refractivity contribution in [3.63, 3.8) is 0 Å². The molecule has 2 amide bonds. The Kier molecular flexibility index (Phi) is 9.13. The molecule has 0 saturated heterocycles. The molecule has 0 aromatic heterocycles. The van der Waals surface area contributed by atoms with Crippen LogP contribution in [0.2, 0.25) is 0 Å². The fourth-order valence-corrected chi connectivity index (χ4v) is 2.52. The molecule has 2 heterocycles. The van der Waals surface area contributed by atoms with E-state index >= 15 is 0 Å². The van der Waals surface area contributed by atoms with Gasteiger partial charge in [-0.2, -0.15) is 0 Å². The van der Waals surface area contributed by atoms with Gasteiger partial charge in [0, 0.05) is 0 Å². The Balaban J connectivity index is 0.000000527. The molecule has 0 bridgehead atoms. The summed E-state index contributed by atoms with van der Waals surface area (Å²) in [5.41, 5.74) is 0.411. The number of hydrogen-bond acceptors (Lipinski definition) is 8. The summed E-state index contributed by atoms with van der Waals surface area (Å²) in [7, 11) is -1.00. The molecule has 0 aliphatic carbocycles. The molecule has 2 aromatic carbocycles. The Labute approximate surface area is 186 Å². The van der Waals surface area contributed by atoms with E-state index in [1.807, 2.05) is 0 Å². The molecule has 4 rings (SSSR count). The van der Waals surface area contributed by atoms with Crippen LogP contribution in [0.25, 0.3) is 0 Å². The van der Waals surface area contributed by atoms with E-state index in [0.717, 1.165) is 6.07 Å². The third-order valence-electron chi connectivity index (χ3n) is 3.87. The lowest BCUT2D eigenvalue weighted by atomic mass is 10.1. The predicted molar refractivity (Wildman–Crippen MR) is 108 cm³/mol. The minimum absolute atomic E-state index is 0. The van der Waals surface area contributed by atoms with Gasteiger partial charge in [0.1, 0.15) is 0 Å². The monoisotopic (exact) mass is 471 g/mol. The number of carboxylic acids is 2. The molecular weight excluding hydrogens is 455 g/mol. The van der Waals surface area contributed by atoms with E-state index in [1.54, 1.807) is 0 Å². The Bertz CT molecular complexity index is 1050. The molecule has 0 fully saturated rings. The Morgan fingerprint density at radius 1 is 0.844 bits per heavy atom. The highest BCUT2D eigenvalue weighted by atomic mass is 35.5. The van der Waals surface area contributed by atoms with Crippen molar-refractivity contribution in [3.8, 4) is 0 Å². The largest absolute Gasteiger partial charge is 0.478 e. The van der Waals surface area contributed by atoms with Gasteiger partial charge in [0.25, 0.3) is 11.8 Å². The smallest absolute Gasteiger partial charge is 0.346 e. The maximum absolute atomic E-state index is 11.1. The quantitative estimate of drug-likeness (QED) is 0.285. The molecule has 2 aromatic rings. The number of esters is 2. The average molecular weight is 472 g/mol. The average Bonchev–Trinajstić information content (AvgIpc) is 3.17. The molecule has 2 aliphatic rings. The van der Waals surface area contributed by atoms with Gasteiger partial charge in [0.15, 0.2) is 0 Å². The van der Waals surface area contributed by atoms with Gasteiger partial charge in [-0.1, -0.05) is 0 Å². The molecule has 0 unspecified atom stereocenters. The zero-order valence-corrected chi connectivity index (χ0v) is 16.7. The number of imide groups is 1. The topological polar surface area (TPSA) is 199 Å². The van der Waals surface area contributed by atoms with Crippen LogP contribution < -0.4 is 11.5 Å².